The second kappa shape index (κ2) is 6.76. The molecule has 0 aromatic carbocycles. The van der Waals surface area contributed by atoms with Gasteiger partial charge in [0.1, 0.15) is 0 Å². The van der Waals surface area contributed by atoms with E-state index in [-0.39, 0.29) is 0 Å². The Hall–Kier alpha value is 3.02. The third-order valence-electron chi connectivity index (χ3n) is 8.31. The van der Waals surface area contributed by atoms with Crippen LogP contribution >= 0.6 is 26.3 Å². The Morgan fingerprint density at radius 2 is 0.615 bits per heavy atom. The van der Waals surface area contributed by atoms with Gasteiger partial charge in [-0.15, -0.1) is 26.3 Å². The predicted octanol–water partition coefficient (Wildman–Crippen LogP) is 9.73. The summed E-state index contributed by atoms with van der Waals surface area (Å²) in [5.74, 6) is 0. The molecule has 0 radical (unpaired) electrons. The summed E-state index contributed by atoms with van der Waals surface area (Å²) in [6.45, 7) is 37.5. The molecular formula is C16H44P4Si6. The van der Waals surface area contributed by atoms with Crippen LogP contribution in [0.4, 0.5) is 0 Å². The standard InChI is InChI=1S/C16H44P4Si6/c1-13-25(14-2)18-21(5,6)17-22(7,8)19(24(18,11)12)26(15-3,16-4)20(25)23(17,9)10/h13-16H2,1-12H3. The van der Waals surface area contributed by atoms with Crippen molar-refractivity contribution < 1.29 is 0 Å². The molecule has 0 spiro atoms. The van der Waals surface area contributed by atoms with E-state index in [1.54, 1.807) is 24.2 Å². The van der Waals surface area contributed by atoms with E-state index < -0.39 is 44.5 Å². The molecule has 4 aliphatic rings. The first-order valence-corrected chi connectivity index (χ1v) is 43.2. The Kier molecular flexibility index (Phi) is 6.16. The zero-order chi connectivity index (χ0) is 20.1. The molecule has 2 unspecified atom stereocenters. The smallest absolute Gasteiger partial charge is 0.0933 e. The lowest BCUT2D eigenvalue weighted by atomic mass is 11.0. The third kappa shape index (κ3) is 2.42. The summed E-state index contributed by atoms with van der Waals surface area (Å²) in [4.78, 5) is 0. The molecule has 0 aromatic heterocycles. The third-order valence-corrected chi connectivity index (χ3v) is 242. The molecule has 10 heteroatoms. The molecule has 26 heavy (non-hydrogen) atoms. The predicted molar refractivity (Wildman–Crippen MR) is 151 cm³/mol. The molecule has 4 rings (SSSR count). The molecule has 2 atom stereocenters. The van der Waals surface area contributed by atoms with Crippen LogP contribution < -0.4 is 0 Å². The molecular weight excluding hydrogens is 485 g/mol. The number of rotatable bonds is 4. The first-order valence-electron chi connectivity index (χ1n) is 10.9. The Bertz CT molecular complexity index is 556. The first kappa shape index (κ1) is 23.7. The second-order valence-corrected chi connectivity index (χ2v) is 108. The van der Waals surface area contributed by atoms with Crippen LogP contribution in [0.3, 0.4) is 0 Å². The van der Waals surface area contributed by atoms with Crippen LogP contribution in [0, 0.1) is 0 Å². The van der Waals surface area contributed by atoms with E-state index in [9.17, 15) is 0 Å². The largest absolute Gasteiger partial charge is 0.128 e. The first-order chi connectivity index (χ1) is 11.7. The highest BCUT2D eigenvalue weighted by atomic mass is 32.4. The second-order valence-electron chi connectivity index (χ2n) is 10.7. The molecule has 0 N–H and O–H groups in total. The Morgan fingerprint density at radius 1 is 0.385 bits per heavy atom. The van der Waals surface area contributed by atoms with Crippen molar-refractivity contribution in [2.45, 2.75) is 104 Å². The van der Waals surface area contributed by atoms with Gasteiger partial charge in [-0.25, -0.2) is 0 Å². The minimum Gasteiger partial charge on any atom is -0.128 e. The zero-order valence-electron chi connectivity index (χ0n) is 19.6. The summed E-state index contributed by atoms with van der Waals surface area (Å²) in [7, 11) is -5.99. The van der Waals surface area contributed by atoms with Gasteiger partial charge in [-0.3, -0.25) is 0 Å². The van der Waals surface area contributed by atoms with E-state index in [2.05, 4.69) is 80.1 Å². The van der Waals surface area contributed by atoms with Gasteiger partial charge >= 0.3 is 0 Å². The van der Waals surface area contributed by atoms with Gasteiger partial charge in [-0.05, 0) is 0 Å². The molecule has 4 saturated heterocycles. The minimum atomic E-state index is -1.00. The Morgan fingerprint density at radius 3 is 0.885 bits per heavy atom. The molecule has 4 fully saturated rings. The normalized spacial score (nSPS) is 42.0. The van der Waals surface area contributed by atoms with Crippen LogP contribution in [0.1, 0.15) is 27.7 Å². The van der Waals surface area contributed by atoms with Crippen molar-refractivity contribution in [3.05, 3.63) is 0 Å². The highest BCUT2D eigenvalue weighted by Gasteiger charge is 2.85. The van der Waals surface area contributed by atoms with Gasteiger partial charge in [0.05, 0.1) is 44.5 Å². The maximum Gasteiger partial charge on any atom is 0.0933 e. The molecule has 0 aromatic rings. The van der Waals surface area contributed by atoms with E-state index in [0.717, 1.165) is 0 Å². The average molecular weight is 529 g/mol. The Labute approximate surface area is 174 Å². The molecule has 152 valence electrons. The van der Waals surface area contributed by atoms with Crippen molar-refractivity contribution in [1.29, 1.82) is 0 Å². The van der Waals surface area contributed by atoms with E-state index in [0.29, 0.717) is 26.3 Å². The van der Waals surface area contributed by atoms with Gasteiger partial charge in [0, 0.05) is 0 Å². The van der Waals surface area contributed by atoms with Crippen molar-refractivity contribution in [2.75, 3.05) is 0 Å². The van der Waals surface area contributed by atoms with Crippen molar-refractivity contribution >= 4 is 70.7 Å². The summed E-state index contributed by atoms with van der Waals surface area (Å²) < 4.78 is 0. The topological polar surface area (TPSA) is 0 Å². The quantitative estimate of drug-likeness (QED) is 0.252. The van der Waals surface area contributed by atoms with E-state index in [4.69, 9.17) is 0 Å². The highest BCUT2D eigenvalue weighted by Crippen LogP contribution is 3.08. The average Bonchev–Trinajstić information content (AvgIpc) is 2.48. The molecule has 0 nitrogen and oxygen atoms in total. The lowest BCUT2D eigenvalue weighted by Gasteiger charge is -2.86. The van der Waals surface area contributed by atoms with E-state index in [1.165, 1.54) is 0 Å². The zero-order valence-corrected chi connectivity index (χ0v) is 29.2. The molecule has 0 amide bonds. The molecule has 4 aliphatic heterocycles. The fourth-order valence-electron chi connectivity index (χ4n) is 9.16. The highest BCUT2D eigenvalue weighted by molar-refractivity contribution is 8.99. The molecule has 0 saturated carbocycles. The van der Waals surface area contributed by atoms with Gasteiger partial charge < -0.3 is 0 Å². The van der Waals surface area contributed by atoms with Gasteiger partial charge in [-0.1, -0.05) is 104 Å². The summed E-state index contributed by atoms with van der Waals surface area (Å²) in [5.41, 5.74) is 0. The van der Waals surface area contributed by atoms with E-state index >= 15 is 0 Å². The summed E-state index contributed by atoms with van der Waals surface area (Å²) in [6, 6.07) is 6.92. The fourth-order valence-corrected chi connectivity index (χ4v) is 540. The van der Waals surface area contributed by atoms with Gasteiger partial charge in [0.2, 0.25) is 0 Å². The Balaban J connectivity index is 2.48. The van der Waals surface area contributed by atoms with Crippen molar-refractivity contribution in [2.24, 2.45) is 0 Å². The van der Waals surface area contributed by atoms with Crippen LogP contribution in [0.15, 0.2) is 0 Å². The summed E-state index contributed by atoms with van der Waals surface area (Å²) >= 11 is 0. The monoisotopic (exact) mass is 528 g/mol. The molecule has 4 heterocycles. The number of hydrogen-bond donors (Lipinski definition) is 0. The van der Waals surface area contributed by atoms with Crippen LogP contribution in [-0.2, 0) is 0 Å². The van der Waals surface area contributed by atoms with Crippen molar-refractivity contribution in [3.63, 3.8) is 0 Å². The van der Waals surface area contributed by atoms with Crippen LogP contribution in [0.5, 0.6) is 0 Å². The van der Waals surface area contributed by atoms with Gasteiger partial charge in [0.25, 0.3) is 0 Å². The maximum absolute atomic E-state index is 3.05. The van der Waals surface area contributed by atoms with Crippen LogP contribution in [-0.4, -0.2) is 44.5 Å². The molecule has 4 bridgehead atoms. The van der Waals surface area contributed by atoms with Gasteiger partial charge in [0.15, 0.2) is 0 Å². The minimum absolute atomic E-state index is 0.568. The van der Waals surface area contributed by atoms with E-state index in [1.807, 2.05) is 0 Å². The van der Waals surface area contributed by atoms with Crippen LogP contribution in [0.25, 0.3) is 0 Å². The molecule has 0 aliphatic carbocycles. The number of hydrogen-bond acceptors (Lipinski definition) is 0. The lowest BCUT2D eigenvalue weighted by Crippen LogP contribution is -2.75. The SMILES string of the molecule is CC[Si]1(CC)P2[Si](C)(C)P3[Si](C)(C)P([Si]2(C)C)[Si](CC)(CC)P1[Si]3(C)C. The lowest BCUT2D eigenvalue weighted by molar-refractivity contribution is 1.32. The van der Waals surface area contributed by atoms with Crippen molar-refractivity contribution in [3.8, 4) is 0 Å². The maximum atomic E-state index is 3.05. The van der Waals surface area contributed by atoms with Crippen LogP contribution in [0.2, 0.25) is 76.6 Å². The summed E-state index contributed by atoms with van der Waals surface area (Å²) in [5, 5.41) is 0. The van der Waals surface area contributed by atoms with Crippen molar-refractivity contribution in [1.82, 2.24) is 0 Å². The summed E-state index contributed by atoms with van der Waals surface area (Å²) in [6.07, 6.45) is 0. The fraction of sp³-hybridized carbons (Fsp3) is 1.00. The van der Waals surface area contributed by atoms with Gasteiger partial charge in [-0.2, -0.15) is 0 Å².